The fourth-order valence-corrected chi connectivity index (χ4v) is 2.20. The molecule has 1 aromatic heterocycles. The Hall–Kier alpha value is -2.17. The number of esters is 1. The van der Waals surface area contributed by atoms with E-state index < -0.39 is 5.97 Å². The minimum Gasteiger partial charge on any atom is -0.462 e. The molecular formula is C16H19FN2O2. The second kappa shape index (κ2) is 6.52. The molecule has 0 amide bonds. The number of anilines is 1. The van der Waals surface area contributed by atoms with Crippen molar-refractivity contribution in [2.45, 2.75) is 27.2 Å². The zero-order valence-electron chi connectivity index (χ0n) is 12.5. The number of ether oxygens (including phenoxy) is 1. The van der Waals surface area contributed by atoms with Crippen LogP contribution in [0.4, 0.5) is 10.1 Å². The monoisotopic (exact) mass is 290 g/mol. The molecule has 5 heteroatoms. The van der Waals surface area contributed by atoms with Crippen molar-refractivity contribution in [1.29, 1.82) is 0 Å². The average Bonchev–Trinajstić information content (AvgIpc) is 2.44. The van der Waals surface area contributed by atoms with Crippen LogP contribution in [0.15, 0.2) is 18.3 Å². The largest absolute Gasteiger partial charge is 0.462 e. The van der Waals surface area contributed by atoms with E-state index >= 15 is 0 Å². The smallest absolute Gasteiger partial charge is 0.341 e. The Morgan fingerprint density at radius 3 is 2.81 bits per heavy atom. The number of halogens is 1. The van der Waals surface area contributed by atoms with Crippen LogP contribution in [0.1, 0.15) is 36.2 Å². The van der Waals surface area contributed by atoms with Crippen LogP contribution in [-0.4, -0.2) is 24.1 Å². The van der Waals surface area contributed by atoms with Crippen LogP contribution in [0.3, 0.4) is 0 Å². The van der Waals surface area contributed by atoms with Crippen LogP contribution in [-0.2, 0) is 4.74 Å². The van der Waals surface area contributed by atoms with Gasteiger partial charge in [0.2, 0.25) is 0 Å². The van der Waals surface area contributed by atoms with Crippen molar-refractivity contribution in [3.8, 4) is 0 Å². The molecule has 1 N–H and O–H groups in total. The molecule has 2 rings (SSSR count). The number of pyridine rings is 1. The van der Waals surface area contributed by atoms with Crippen molar-refractivity contribution >= 4 is 22.6 Å². The summed E-state index contributed by atoms with van der Waals surface area (Å²) in [6, 6.07) is 3.26. The number of fused-ring (bicyclic) bond motifs is 1. The molecule has 21 heavy (non-hydrogen) atoms. The lowest BCUT2D eigenvalue weighted by Crippen LogP contribution is -2.12. The van der Waals surface area contributed by atoms with Gasteiger partial charge in [0.25, 0.3) is 0 Å². The number of benzene rings is 1. The Morgan fingerprint density at radius 1 is 1.38 bits per heavy atom. The first-order valence-corrected chi connectivity index (χ1v) is 7.08. The summed E-state index contributed by atoms with van der Waals surface area (Å²) in [7, 11) is 0. The van der Waals surface area contributed by atoms with Gasteiger partial charge in [0, 0.05) is 18.1 Å². The van der Waals surface area contributed by atoms with Gasteiger partial charge in [-0.1, -0.05) is 6.92 Å². The quantitative estimate of drug-likeness (QED) is 0.853. The number of hydrogen-bond donors (Lipinski definition) is 1. The van der Waals surface area contributed by atoms with Crippen LogP contribution in [0, 0.1) is 12.7 Å². The molecule has 4 nitrogen and oxygen atoms in total. The number of aromatic nitrogens is 1. The highest BCUT2D eigenvalue weighted by atomic mass is 19.1. The predicted molar refractivity (Wildman–Crippen MR) is 81.2 cm³/mol. The molecule has 112 valence electrons. The molecule has 0 spiro atoms. The Labute approximate surface area is 123 Å². The second-order valence-electron chi connectivity index (χ2n) is 4.84. The molecular weight excluding hydrogens is 271 g/mol. The first kappa shape index (κ1) is 15.2. The van der Waals surface area contributed by atoms with E-state index in [1.807, 2.05) is 19.9 Å². The van der Waals surface area contributed by atoms with Gasteiger partial charge in [0.05, 0.1) is 12.3 Å². The molecule has 2 aromatic rings. The maximum Gasteiger partial charge on any atom is 0.341 e. The molecule has 0 bridgehead atoms. The number of hydrogen-bond acceptors (Lipinski definition) is 4. The van der Waals surface area contributed by atoms with E-state index in [9.17, 15) is 9.18 Å². The third-order valence-corrected chi connectivity index (χ3v) is 3.12. The number of carbonyl (C=O) groups excluding carboxylic acids is 1. The number of nitrogens with zero attached hydrogens (tertiary/aromatic N) is 1. The Kier molecular flexibility index (Phi) is 4.73. The maximum atomic E-state index is 14.0. The second-order valence-corrected chi connectivity index (χ2v) is 4.84. The highest BCUT2D eigenvalue weighted by molar-refractivity contribution is 6.05. The molecule has 0 saturated heterocycles. The van der Waals surface area contributed by atoms with Crippen molar-refractivity contribution in [1.82, 2.24) is 4.98 Å². The third-order valence-electron chi connectivity index (χ3n) is 3.12. The highest BCUT2D eigenvalue weighted by Crippen LogP contribution is 2.29. The molecule has 0 aliphatic carbocycles. The molecule has 0 radical (unpaired) electrons. The molecule has 0 unspecified atom stereocenters. The Balaban J connectivity index is 2.66. The molecule has 0 aliphatic heterocycles. The molecule has 0 saturated carbocycles. The summed E-state index contributed by atoms with van der Waals surface area (Å²) < 4.78 is 19.1. The summed E-state index contributed by atoms with van der Waals surface area (Å²) in [5.74, 6) is -0.840. The van der Waals surface area contributed by atoms with Crippen molar-refractivity contribution in [2.24, 2.45) is 0 Å². The van der Waals surface area contributed by atoms with Crippen LogP contribution in [0.25, 0.3) is 10.9 Å². The van der Waals surface area contributed by atoms with Gasteiger partial charge in [-0.15, -0.1) is 0 Å². The molecule has 0 aliphatic rings. The van der Waals surface area contributed by atoms with Crippen molar-refractivity contribution in [2.75, 3.05) is 18.5 Å². The lowest BCUT2D eigenvalue weighted by molar-refractivity contribution is 0.0527. The minimum absolute atomic E-state index is 0.257. The Bertz CT molecular complexity index is 671. The van der Waals surface area contributed by atoms with Gasteiger partial charge in [-0.3, -0.25) is 4.98 Å². The normalized spacial score (nSPS) is 10.7. The summed E-state index contributed by atoms with van der Waals surface area (Å²) in [4.78, 5) is 16.1. The van der Waals surface area contributed by atoms with E-state index in [0.29, 0.717) is 23.2 Å². The summed E-state index contributed by atoms with van der Waals surface area (Å²) in [5.41, 5.74) is 1.96. The lowest BCUT2D eigenvalue weighted by atomic mass is 10.1. The van der Waals surface area contributed by atoms with E-state index in [1.54, 1.807) is 6.92 Å². The van der Waals surface area contributed by atoms with Crippen LogP contribution < -0.4 is 5.32 Å². The van der Waals surface area contributed by atoms with Gasteiger partial charge in [-0.2, -0.15) is 0 Å². The van der Waals surface area contributed by atoms with E-state index in [4.69, 9.17) is 4.74 Å². The molecule has 1 heterocycles. The van der Waals surface area contributed by atoms with Crippen LogP contribution >= 0.6 is 0 Å². The molecule has 0 atom stereocenters. The fourth-order valence-electron chi connectivity index (χ4n) is 2.20. The van der Waals surface area contributed by atoms with Crippen LogP contribution in [0.2, 0.25) is 0 Å². The number of aryl methyl sites for hydroxylation is 1. The van der Waals surface area contributed by atoms with Gasteiger partial charge in [-0.05, 0) is 38.0 Å². The van der Waals surface area contributed by atoms with E-state index in [0.717, 1.165) is 12.0 Å². The van der Waals surface area contributed by atoms with Gasteiger partial charge in [0.15, 0.2) is 0 Å². The predicted octanol–water partition coefficient (Wildman–Crippen LogP) is 3.68. The first-order chi connectivity index (χ1) is 10.1. The van der Waals surface area contributed by atoms with Crippen LogP contribution in [0.5, 0.6) is 0 Å². The van der Waals surface area contributed by atoms with Gasteiger partial charge < -0.3 is 10.1 Å². The van der Waals surface area contributed by atoms with Gasteiger partial charge >= 0.3 is 5.97 Å². The number of carbonyl (C=O) groups is 1. The number of nitrogens with one attached hydrogen (secondary N) is 1. The maximum absolute atomic E-state index is 14.0. The summed E-state index contributed by atoms with van der Waals surface area (Å²) in [6.07, 6.45) is 2.26. The molecule has 1 aromatic carbocycles. The van der Waals surface area contributed by atoms with Gasteiger partial charge in [-0.25, -0.2) is 9.18 Å². The minimum atomic E-state index is -0.451. The van der Waals surface area contributed by atoms with Crippen molar-refractivity contribution in [3.63, 3.8) is 0 Å². The third kappa shape index (κ3) is 3.12. The topological polar surface area (TPSA) is 51.2 Å². The number of rotatable bonds is 5. The zero-order valence-corrected chi connectivity index (χ0v) is 12.5. The van der Waals surface area contributed by atoms with Gasteiger partial charge in [0.1, 0.15) is 16.9 Å². The van der Waals surface area contributed by atoms with E-state index in [1.165, 1.54) is 12.3 Å². The fraction of sp³-hybridized carbons (Fsp3) is 0.375. The average molecular weight is 290 g/mol. The first-order valence-electron chi connectivity index (χ1n) is 7.08. The van der Waals surface area contributed by atoms with Crippen molar-refractivity contribution < 1.29 is 13.9 Å². The summed E-state index contributed by atoms with van der Waals surface area (Å²) in [5, 5.41) is 3.80. The Morgan fingerprint density at radius 2 is 2.14 bits per heavy atom. The van der Waals surface area contributed by atoms with E-state index in [2.05, 4.69) is 10.3 Å². The molecule has 0 fully saturated rings. The summed E-state index contributed by atoms with van der Waals surface area (Å²) >= 11 is 0. The standard InChI is InChI=1S/C16H19FN2O2/c1-4-6-18-14-11-7-10(3)8-13(17)15(11)19-9-12(14)16(20)21-5-2/h7-9H,4-6H2,1-3H3,(H,18,19). The SMILES string of the molecule is CCCNc1c(C(=O)OCC)cnc2c(F)cc(C)cc12. The highest BCUT2D eigenvalue weighted by Gasteiger charge is 2.18. The summed E-state index contributed by atoms with van der Waals surface area (Å²) in [6.45, 7) is 6.54. The van der Waals surface area contributed by atoms with Crippen molar-refractivity contribution in [3.05, 3.63) is 35.3 Å². The van der Waals surface area contributed by atoms with E-state index in [-0.39, 0.29) is 17.9 Å². The zero-order chi connectivity index (χ0) is 15.4. The lowest BCUT2D eigenvalue weighted by Gasteiger charge is -2.14.